The predicted molar refractivity (Wildman–Crippen MR) is 96.3 cm³/mol. The van der Waals surface area contributed by atoms with Crippen molar-refractivity contribution in [3.05, 3.63) is 32.9 Å². The summed E-state index contributed by atoms with van der Waals surface area (Å²) in [5, 5.41) is 0. The second-order valence-electron chi connectivity index (χ2n) is 5.14. The molecular formula is C16H18F3IN2O2. The van der Waals surface area contributed by atoms with Crippen molar-refractivity contribution in [1.29, 1.82) is 0 Å². The van der Waals surface area contributed by atoms with E-state index in [0.29, 0.717) is 14.8 Å². The number of esters is 1. The zero-order chi connectivity index (χ0) is 18.5. The average molecular weight is 454 g/mol. The van der Waals surface area contributed by atoms with Gasteiger partial charge in [0.25, 0.3) is 0 Å². The number of alkyl halides is 3. The van der Waals surface area contributed by atoms with Crippen molar-refractivity contribution in [2.75, 3.05) is 20.7 Å². The molecule has 0 heterocycles. The lowest BCUT2D eigenvalue weighted by molar-refractivity contribution is -0.138. The van der Waals surface area contributed by atoms with E-state index in [1.54, 1.807) is 55.4 Å². The number of carbonyl (C=O) groups excluding carboxylic acids is 1. The normalized spacial score (nSPS) is 12.6. The standard InChI is InChI=1S/C16H18F3IN2O2/c1-5-24-14(23)6-10(2)12-7-11(16(17,18)19)8-13(20)15(12)21-9-22(3)4/h6-9H,5H2,1-4H3/b10-6-,21-9?. The van der Waals surface area contributed by atoms with Gasteiger partial charge >= 0.3 is 12.1 Å². The summed E-state index contributed by atoms with van der Waals surface area (Å²) >= 11 is 1.81. The van der Waals surface area contributed by atoms with Crippen LogP contribution in [0.2, 0.25) is 0 Å². The molecule has 0 aliphatic carbocycles. The topological polar surface area (TPSA) is 41.9 Å². The summed E-state index contributed by atoms with van der Waals surface area (Å²) in [4.78, 5) is 17.5. The number of carbonyl (C=O) groups is 1. The highest BCUT2D eigenvalue weighted by Gasteiger charge is 2.32. The molecule has 0 saturated heterocycles. The Kier molecular flexibility index (Phi) is 7.25. The van der Waals surface area contributed by atoms with Gasteiger partial charge in [-0.25, -0.2) is 9.79 Å². The average Bonchev–Trinajstić information content (AvgIpc) is 2.44. The number of hydrogen-bond acceptors (Lipinski definition) is 3. The highest BCUT2D eigenvalue weighted by molar-refractivity contribution is 14.1. The fourth-order valence-corrected chi connectivity index (χ4v) is 2.57. The molecule has 0 N–H and O–H groups in total. The second-order valence-corrected chi connectivity index (χ2v) is 6.30. The lowest BCUT2D eigenvalue weighted by atomic mass is 10.0. The zero-order valence-corrected chi connectivity index (χ0v) is 15.9. The maximum absolute atomic E-state index is 13.1. The highest BCUT2D eigenvalue weighted by Crippen LogP contribution is 2.38. The van der Waals surface area contributed by atoms with E-state index in [4.69, 9.17) is 4.74 Å². The number of aliphatic imine (C=N–C) groups is 1. The molecule has 0 saturated carbocycles. The lowest BCUT2D eigenvalue weighted by Crippen LogP contribution is -2.09. The predicted octanol–water partition coefficient (Wildman–Crippen LogP) is 4.50. The molecule has 4 nitrogen and oxygen atoms in total. The molecule has 1 rings (SSSR count). The minimum absolute atomic E-state index is 0.189. The highest BCUT2D eigenvalue weighted by atomic mass is 127. The minimum atomic E-state index is -4.48. The molecule has 0 spiro atoms. The Balaban J connectivity index is 3.51. The van der Waals surface area contributed by atoms with E-state index in [-0.39, 0.29) is 12.2 Å². The first-order valence-electron chi connectivity index (χ1n) is 7.03. The van der Waals surface area contributed by atoms with Crippen LogP contribution in [0.25, 0.3) is 5.57 Å². The quantitative estimate of drug-likeness (QED) is 0.217. The Bertz CT molecular complexity index is 668. The van der Waals surface area contributed by atoms with Gasteiger partial charge in [-0.05, 0) is 54.1 Å². The molecule has 0 fully saturated rings. The second kappa shape index (κ2) is 8.50. The van der Waals surface area contributed by atoms with Crippen molar-refractivity contribution in [3.63, 3.8) is 0 Å². The van der Waals surface area contributed by atoms with Crippen LogP contribution in [0.15, 0.2) is 23.2 Å². The third-order valence-corrected chi connectivity index (χ3v) is 3.68. The van der Waals surface area contributed by atoms with Crippen LogP contribution in [-0.2, 0) is 15.7 Å². The summed E-state index contributed by atoms with van der Waals surface area (Å²) in [7, 11) is 3.50. The van der Waals surface area contributed by atoms with Gasteiger partial charge < -0.3 is 9.64 Å². The van der Waals surface area contributed by atoms with Crippen molar-refractivity contribution in [2.24, 2.45) is 4.99 Å². The third kappa shape index (κ3) is 5.81. The number of rotatable bonds is 5. The largest absolute Gasteiger partial charge is 0.463 e. The summed E-state index contributed by atoms with van der Waals surface area (Å²) in [6.45, 7) is 3.40. The number of ether oxygens (including phenoxy) is 1. The molecule has 0 bridgehead atoms. The minimum Gasteiger partial charge on any atom is -0.463 e. The van der Waals surface area contributed by atoms with Crippen molar-refractivity contribution in [3.8, 4) is 0 Å². The Hall–Kier alpha value is -1.58. The first-order valence-corrected chi connectivity index (χ1v) is 8.11. The molecule has 0 atom stereocenters. The van der Waals surface area contributed by atoms with Gasteiger partial charge in [-0.2, -0.15) is 13.2 Å². The van der Waals surface area contributed by atoms with Gasteiger partial charge in [-0.15, -0.1) is 0 Å². The molecule has 8 heteroatoms. The fourth-order valence-electron chi connectivity index (χ4n) is 1.81. The van der Waals surface area contributed by atoms with Crippen LogP contribution < -0.4 is 0 Å². The van der Waals surface area contributed by atoms with Crippen LogP contribution in [-0.4, -0.2) is 37.9 Å². The number of benzene rings is 1. The van der Waals surface area contributed by atoms with E-state index in [1.807, 2.05) is 0 Å². The zero-order valence-electron chi connectivity index (χ0n) is 13.7. The monoisotopic (exact) mass is 454 g/mol. The maximum Gasteiger partial charge on any atom is 0.416 e. The molecule has 24 heavy (non-hydrogen) atoms. The molecular weight excluding hydrogens is 436 g/mol. The van der Waals surface area contributed by atoms with E-state index >= 15 is 0 Å². The van der Waals surface area contributed by atoms with Gasteiger partial charge in [0.1, 0.15) is 0 Å². The van der Waals surface area contributed by atoms with Crippen LogP contribution in [0.4, 0.5) is 18.9 Å². The van der Waals surface area contributed by atoms with Crippen molar-refractivity contribution < 1.29 is 22.7 Å². The summed E-state index contributed by atoms with van der Waals surface area (Å²) in [6.07, 6.45) is -1.82. The number of nitrogens with zero attached hydrogens (tertiary/aromatic N) is 2. The molecule has 0 aliphatic heterocycles. The summed E-state index contributed by atoms with van der Waals surface area (Å²) < 4.78 is 44.4. The number of halogens is 4. The Morgan fingerprint density at radius 2 is 2.00 bits per heavy atom. The summed E-state index contributed by atoms with van der Waals surface area (Å²) in [5.74, 6) is -0.607. The Labute approximate surface area is 152 Å². The van der Waals surface area contributed by atoms with Crippen LogP contribution in [0, 0.1) is 3.57 Å². The van der Waals surface area contributed by atoms with Crippen LogP contribution >= 0.6 is 22.6 Å². The van der Waals surface area contributed by atoms with E-state index < -0.39 is 17.7 Å². The molecule has 0 radical (unpaired) electrons. The molecule has 0 aromatic heterocycles. The molecule has 1 aromatic rings. The van der Waals surface area contributed by atoms with Gasteiger partial charge in [0.05, 0.1) is 24.2 Å². The lowest BCUT2D eigenvalue weighted by Gasteiger charge is -2.14. The van der Waals surface area contributed by atoms with Gasteiger partial charge in [0, 0.05) is 29.3 Å². The van der Waals surface area contributed by atoms with Gasteiger partial charge in [0.15, 0.2) is 0 Å². The molecule has 132 valence electrons. The first kappa shape index (κ1) is 20.5. The number of allylic oxidation sites excluding steroid dienone is 1. The third-order valence-electron chi connectivity index (χ3n) is 2.85. The smallest absolute Gasteiger partial charge is 0.416 e. The fraction of sp³-hybridized carbons (Fsp3) is 0.375. The summed E-state index contributed by atoms with van der Waals surface area (Å²) in [5.41, 5.74) is 0.168. The molecule has 1 aromatic carbocycles. The van der Waals surface area contributed by atoms with E-state index in [2.05, 4.69) is 4.99 Å². The summed E-state index contributed by atoms with van der Waals surface area (Å²) in [6, 6.07) is 2.03. The van der Waals surface area contributed by atoms with Crippen molar-refractivity contribution >= 4 is 46.2 Å². The maximum atomic E-state index is 13.1. The van der Waals surface area contributed by atoms with Crippen LogP contribution in [0.5, 0.6) is 0 Å². The van der Waals surface area contributed by atoms with Crippen LogP contribution in [0.1, 0.15) is 25.0 Å². The Morgan fingerprint density at radius 1 is 1.38 bits per heavy atom. The molecule has 0 unspecified atom stereocenters. The van der Waals surface area contributed by atoms with E-state index in [0.717, 1.165) is 12.1 Å². The van der Waals surface area contributed by atoms with Crippen LogP contribution in [0.3, 0.4) is 0 Å². The van der Waals surface area contributed by atoms with Crippen molar-refractivity contribution in [1.82, 2.24) is 4.90 Å². The Morgan fingerprint density at radius 3 is 2.50 bits per heavy atom. The number of hydrogen-bond donors (Lipinski definition) is 0. The van der Waals surface area contributed by atoms with Crippen molar-refractivity contribution in [2.45, 2.75) is 20.0 Å². The van der Waals surface area contributed by atoms with Gasteiger partial charge in [-0.1, -0.05) is 0 Å². The van der Waals surface area contributed by atoms with Gasteiger partial charge in [0.2, 0.25) is 0 Å². The SMILES string of the molecule is CCOC(=O)/C=C(/C)c1cc(C(F)(F)F)cc(I)c1N=CN(C)C. The molecule has 0 aliphatic rings. The van der Waals surface area contributed by atoms with E-state index in [9.17, 15) is 18.0 Å². The first-order chi connectivity index (χ1) is 11.1. The van der Waals surface area contributed by atoms with Gasteiger partial charge in [-0.3, -0.25) is 0 Å². The molecule has 0 amide bonds. The van der Waals surface area contributed by atoms with E-state index in [1.165, 1.54) is 12.4 Å².